The molecule has 1 saturated heterocycles. The van der Waals surface area contributed by atoms with Crippen LogP contribution in [0.4, 0.5) is 11.4 Å². The number of allylic oxidation sites excluding steroid dienone is 1. The highest BCUT2D eigenvalue weighted by atomic mass is 32.2. The number of amides is 2. The van der Waals surface area contributed by atoms with Crippen LogP contribution in [0.25, 0.3) is 5.57 Å². The molecule has 6 rings (SSSR count). The molecule has 6 nitrogen and oxygen atoms in total. The molecule has 4 heterocycles. The van der Waals surface area contributed by atoms with Gasteiger partial charge in [0.1, 0.15) is 0 Å². The highest BCUT2D eigenvalue weighted by Crippen LogP contribution is 2.60. The zero-order valence-electron chi connectivity index (χ0n) is 17.8. The van der Waals surface area contributed by atoms with E-state index >= 15 is 0 Å². The molecule has 0 N–H and O–H groups in total. The first-order chi connectivity index (χ1) is 14.7. The number of hydrogen-bond donors (Lipinski definition) is 0. The summed E-state index contributed by atoms with van der Waals surface area (Å²) in [5.41, 5.74) is 5.25. The Bertz CT molecular complexity index is 1230. The molecule has 158 valence electrons. The Balaban J connectivity index is 1.62. The Morgan fingerprint density at radius 1 is 1.00 bits per heavy atom. The fourth-order valence-electron chi connectivity index (χ4n) is 5.35. The number of thioether (sulfide) groups is 1. The van der Waals surface area contributed by atoms with Crippen LogP contribution >= 0.6 is 11.8 Å². The summed E-state index contributed by atoms with van der Waals surface area (Å²) in [7, 11) is 0. The van der Waals surface area contributed by atoms with Gasteiger partial charge in [-0.3, -0.25) is 19.4 Å². The van der Waals surface area contributed by atoms with Crippen LogP contribution in [0.15, 0.2) is 36.4 Å². The fourth-order valence-corrected chi connectivity index (χ4v) is 6.67. The molecule has 0 bridgehead atoms. The maximum absolute atomic E-state index is 14.2. The smallest absolute Gasteiger partial charge is 0.269 e. The number of carbonyl (C=O) groups excluding carboxylic acids is 2. The van der Waals surface area contributed by atoms with E-state index in [0.717, 1.165) is 28.0 Å². The van der Waals surface area contributed by atoms with Gasteiger partial charge in [0, 0.05) is 22.9 Å². The lowest BCUT2D eigenvalue weighted by atomic mass is 9.88. The Labute approximate surface area is 184 Å². The van der Waals surface area contributed by atoms with Crippen LogP contribution in [-0.2, 0) is 14.5 Å². The lowest BCUT2D eigenvalue weighted by Gasteiger charge is -2.40. The van der Waals surface area contributed by atoms with Gasteiger partial charge in [0.15, 0.2) is 11.5 Å². The van der Waals surface area contributed by atoms with Gasteiger partial charge in [-0.05, 0) is 57.0 Å². The number of hydrogen-bond acceptors (Lipinski definition) is 5. The Kier molecular flexibility index (Phi) is 3.55. The van der Waals surface area contributed by atoms with Crippen LogP contribution in [0.5, 0.6) is 11.5 Å². The van der Waals surface area contributed by atoms with E-state index in [4.69, 9.17) is 9.47 Å². The Morgan fingerprint density at radius 2 is 1.77 bits per heavy atom. The van der Waals surface area contributed by atoms with Crippen molar-refractivity contribution in [2.45, 2.75) is 38.1 Å². The van der Waals surface area contributed by atoms with Gasteiger partial charge in [0.25, 0.3) is 5.91 Å². The minimum Gasteiger partial charge on any atom is -0.454 e. The summed E-state index contributed by atoms with van der Waals surface area (Å²) in [4.78, 5) is 29.9. The molecule has 2 amide bonds. The lowest BCUT2D eigenvalue weighted by molar-refractivity contribution is -0.124. The molecule has 1 spiro atoms. The number of ether oxygens (including phenoxy) is 2. The van der Waals surface area contributed by atoms with Crippen molar-refractivity contribution < 1.29 is 19.1 Å². The van der Waals surface area contributed by atoms with Gasteiger partial charge in [-0.1, -0.05) is 12.1 Å². The fraction of sp³-hybridized carbons (Fsp3) is 0.333. The van der Waals surface area contributed by atoms with Crippen LogP contribution < -0.4 is 19.3 Å². The highest BCUT2D eigenvalue weighted by molar-refractivity contribution is 8.02. The number of fused-ring (bicyclic) bond motifs is 2. The van der Waals surface area contributed by atoms with Crippen molar-refractivity contribution in [3.63, 3.8) is 0 Å². The maximum atomic E-state index is 14.2. The Hall–Kier alpha value is -2.93. The van der Waals surface area contributed by atoms with Gasteiger partial charge in [-0.2, -0.15) is 0 Å². The molecule has 0 aromatic heterocycles. The standard InChI is InChI=1S/C24H22N2O4S/c1-13-7-16-14(2)10-23(3,4)26-21(16)17(8-13)24(22(26)28)25(20(27)11-31-24)15-5-6-18-19(9-15)30-12-29-18/h5-10H,11-12H2,1-4H3/t24-/m1/s1. The molecule has 4 aliphatic heterocycles. The van der Waals surface area contributed by atoms with E-state index in [1.807, 2.05) is 31.7 Å². The van der Waals surface area contributed by atoms with Crippen molar-refractivity contribution >= 4 is 40.5 Å². The summed E-state index contributed by atoms with van der Waals surface area (Å²) in [6, 6.07) is 9.63. The van der Waals surface area contributed by atoms with E-state index < -0.39 is 10.4 Å². The molecule has 0 aliphatic carbocycles. The largest absolute Gasteiger partial charge is 0.454 e. The molecular weight excluding hydrogens is 412 g/mol. The molecule has 0 saturated carbocycles. The minimum absolute atomic E-state index is 0.0726. The molecule has 0 radical (unpaired) electrons. The third-order valence-electron chi connectivity index (χ3n) is 6.49. The molecule has 4 aliphatic rings. The van der Waals surface area contributed by atoms with Crippen molar-refractivity contribution in [1.29, 1.82) is 0 Å². The zero-order chi connectivity index (χ0) is 21.7. The number of rotatable bonds is 1. The SMILES string of the molecule is CC1=CC(C)(C)N2C(=O)[C@]3(SCC(=O)N3c3ccc4c(c3)OCO4)c3cc(C)cc1c32. The van der Waals surface area contributed by atoms with E-state index in [9.17, 15) is 9.59 Å². The van der Waals surface area contributed by atoms with Gasteiger partial charge < -0.3 is 9.47 Å². The normalized spacial score (nSPS) is 24.8. The van der Waals surface area contributed by atoms with Crippen molar-refractivity contribution in [2.24, 2.45) is 0 Å². The number of anilines is 2. The second-order valence-electron chi connectivity index (χ2n) is 9.03. The van der Waals surface area contributed by atoms with Crippen LogP contribution in [0.2, 0.25) is 0 Å². The van der Waals surface area contributed by atoms with Gasteiger partial charge in [0.2, 0.25) is 17.6 Å². The van der Waals surface area contributed by atoms with Crippen molar-refractivity contribution in [3.05, 3.63) is 53.1 Å². The summed E-state index contributed by atoms with van der Waals surface area (Å²) < 4.78 is 11.0. The lowest BCUT2D eigenvalue weighted by Crippen LogP contribution is -2.54. The first-order valence-corrected chi connectivity index (χ1v) is 11.3. The van der Waals surface area contributed by atoms with Crippen molar-refractivity contribution in [2.75, 3.05) is 22.3 Å². The first kappa shape index (κ1) is 18.8. The summed E-state index contributed by atoms with van der Waals surface area (Å²) in [5.74, 6) is 1.32. The number of aryl methyl sites for hydroxylation is 1. The van der Waals surface area contributed by atoms with E-state index in [1.54, 1.807) is 17.0 Å². The average molecular weight is 435 g/mol. The number of benzene rings is 2. The molecule has 1 atom stereocenters. The molecule has 31 heavy (non-hydrogen) atoms. The monoisotopic (exact) mass is 434 g/mol. The van der Waals surface area contributed by atoms with Gasteiger partial charge in [0.05, 0.1) is 17.0 Å². The van der Waals surface area contributed by atoms with E-state index in [0.29, 0.717) is 17.2 Å². The number of carbonyl (C=O) groups is 2. The number of nitrogens with zero attached hydrogens (tertiary/aromatic N) is 2. The zero-order valence-corrected chi connectivity index (χ0v) is 18.6. The predicted octanol–water partition coefficient (Wildman–Crippen LogP) is 4.20. The molecular formula is C24H22N2O4S. The maximum Gasteiger partial charge on any atom is 0.269 e. The molecule has 7 heteroatoms. The van der Waals surface area contributed by atoms with Gasteiger partial charge in [-0.15, -0.1) is 11.8 Å². The van der Waals surface area contributed by atoms with E-state index in [2.05, 4.69) is 25.1 Å². The van der Waals surface area contributed by atoms with Crippen molar-refractivity contribution in [3.8, 4) is 11.5 Å². The van der Waals surface area contributed by atoms with Crippen LogP contribution in [0, 0.1) is 6.92 Å². The van der Waals surface area contributed by atoms with Crippen LogP contribution in [0.1, 0.15) is 37.5 Å². The summed E-state index contributed by atoms with van der Waals surface area (Å²) >= 11 is 1.40. The van der Waals surface area contributed by atoms with E-state index in [-0.39, 0.29) is 24.4 Å². The summed E-state index contributed by atoms with van der Waals surface area (Å²) in [5, 5.41) is 0. The topological polar surface area (TPSA) is 59.1 Å². The van der Waals surface area contributed by atoms with Crippen LogP contribution in [0.3, 0.4) is 0 Å². The first-order valence-electron chi connectivity index (χ1n) is 10.3. The molecule has 2 aromatic rings. The highest BCUT2D eigenvalue weighted by Gasteiger charge is 2.64. The second-order valence-corrected chi connectivity index (χ2v) is 10.2. The molecule has 1 fully saturated rings. The average Bonchev–Trinajstić information content (AvgIpc) is 3.37. The quantitative estimate of drug-likeness (QED) is 0.673. The van der Waals surface area contributed by atoms with Crippen LogP contribution in [-0.4, -0.2) is 29.9 Å². The third-order valence-corrected chi connectivity index (χ3v) is 7.88. The van der Waals surface area contributed by atoms with E-state index in [1.165, 1.54) is 11.8 Å². The van der Waals surface area contributed by atoms with Crippen molar-refractivity contribution in [1.82, 2.24) is 0 Å². The Morgan fingerprint density at radius 3 is 2.58 bits per heavy atom. The third kappa shape index (κ3) is 2.24. The minimum atomic E-state index is -1.13. The second kappa shape index (κ2) is 5.85. The summed E-state index contributed by atoms with van der Waals surface area (Å²) in [6.45, 7) is 8.38. The van der Waals surface area contributed by atoms with Gasteiger partial charge in [-0.25, -0.2) is 0 Å². The van der Waals surface area contributed by atoms with Gasteiger partial charge >= 0.3 is 0 Å². The molecule has 2 aromatic carbocycles. The predicted molar refractivity (Wildman–Crippen MR) is 121 cm³/mol. The molecule has 0 unspecified atom stereocenters. The summed E-state index contributed by atoms with van der Waals surface area (Å²) in [6.07, 6.45) is 2.14.